The number of benzene rings is 1. The first-order valence-electron chi connectivity index (χ1n) is 7.07. The Bertz CT molecular complexity index is 593. The first-order chi connectivity index (χ1) is 10.4. The topological polar surface area (TPSA) is 78.9 Å². The maximum absolute atomic E-state index is 12.3. The van der Waals surface area contributed by atoms with E-state index in [1.807, 2.05) is 13.0 Å². The fourth-order valence-electron chi connectivity index (χ4n) is 2.38. The fraction of sp³-hybridized carbons (Fsp3) is 0.467. The molecule has 120 valence electrons. The van der Waals surface area contributed by atoms with Gasteiger partial charge >= 0.3 is 12.0 Å². The Balaban J connectivity index is 2.10. The highest BCUT2D eigenvalue weighted by atomic mass is 79.9. The minimum atomic E-state index is -0.878. The summed E-state index contributed by atoms with van der Waals surface area (Å²) in [6, 6.07) is 5.05. The van der Waals surface area contributed by atoms with Crippen LogP contribution in [-0.4, -0.2) is 41.7 Å². The molecule has 1 atom stereocenters. The predicted octanol–water partition coefficient (Wildman–Crippen LogP) is 3.18. The maximum Gasteiger partial charge on any atom is 0.321 e. The Morgan fingerprint density at radius 1 is 1.50 bits per heavy atom. The van der Waals surface area contributed by atoms with Crippen molar-refractivity contribution in [2.45, 2.75) is 20.3 Å². The molecule has 2 N–H and O–H groups in total. The average Bonchev–Trinajstić information content (AvgIpc) is 2.86. The monoisotopic (exact) mass is 370 g/mol. The van der Waals surface area contributed by atoms with E-state index in [0.29, 0.717) is 31.0 Å². The molecule has 0 saturated carbocycles. The van der Waals surface area contributed by atoms with E-state index in [2.05, 4.69) is 21.2 Å². The summed E-state index contributed by atoms with van der Waals surface area (Å²) in [6.45, 7) is 4.64. The van der Waals surface area contributed by atoms with E-state index in [9.17, 15) is 14.7 Å². The second kappa shape index (κ2) is 6.56. The number of likely N-dealkylation sites (tertiary alicyclic amines) is 1. The SMILES string of the molecule is CCOc1ccc(Br)cc1NC(=O)N1CCC(C)(C(=O)O)C1. The Labute approximate surface area is 137 Å². The molecule has 1 aromatic carbocycles. The van der Waals surface area contributed by atoms with Gasteiger partial charge in [0.25, 0.3) is 0 Å². The number of rotatable bonds is 4. The summed E-state index contributed by atoms with van der Waals surface area (Å²) in [4.78, 5) is 25.1. The highest BCUT2D eigenvalue weighted by Crippen LogP contribution is 2.32. The number of nitrogens with zero attached hydrogens (tertiary/aromatic N) is 1. The van der Waals surface area contributed by atoms with Gasteiger partial charge in [-0.3, -0.25) is 4.79 Å². The Hall–Kier alpha value is -1.76. The number of urea groups is 1. The van der Waals surface area contributed by atoms with Gasteiger partial charge in [-0.1, -0.05) is 15.9 Å². The maximum atomic E-state index is 12.3. The first kappa shape index (κ1) is 16.6. The van der Waals surface area contributed by atoms with Gasteiger partial charge in [-0.15, -0.1) is 0 Å². The van der Waals surface area contributed by atoms with Gasteiger partial charge in [-0.25, -0.2) is 4.79 Å². The van der Waals surface area contributed by atoms with Crippen molar-refractivity contribution in [2.24, 2.45) is 5.41 Å². The van der Waals surface area contributed by atoms with E-state index in [0.717, 1.165) is 4.47 Å². The van der Waals surface area contributed by atoms with Gasteiger partial charge in [-0.2, -0.15) is 0 Å². The van der Waals surface area contributed by atoms with Crippen molar-refractivity contribution < 1.29 is 19.4 Å². The highest BCUT2D eigenvalue weighted by Gasteiger charge is 2.42. The standard InChI is InChI=1S/C15H19BrN2O4/c1-3-22-12-5-4-10(16)8-11(12)17-14(21)18-7-6-15(2,9-18)13(19)20/h4-5,8H,3,6-7,9H2,1-2H3,(H,17,21)(H,19,20). The molecule has 0 aliphatic carbocycles. The van der Waals surface area contributed by atoms with Crippen LogP contribution in [0.1, 0.15) is 20.3 Å². The molecule has 1 saturated heterocycles. The van der Waals surface area contributed by atoms with Crippen molar-refractivity contribution in [3.8, 4) is 5.75 Å². The number of halogens is 1. The lowest BCUT2D eigenvalue weighted by atomic mass is 9.90. The number of amides is 2. The van der Waals surface area contributed by atoms with E-state index >= 15 is 0 Å². The summed E-state index contributed by atoms with van der Waals surface area (Å²) < 4.78 is 6.31. The van der Waals surface area contributed by atoms with E-state index < -0.39 is 11.4 Å². The molecule has 1 unspecified atom stereocenters. The molecule has 6 nitrogen and oxygen atoms in total. The van der Waals surface area contributed by atoms with E-state index in [4.69, 9.17) is 4.74 Å². The van der Waals surface area contributed by atoms with Crippen LogP contribution in [0.15, 0.2) is 22.7 Å². The number of nitrogens with one attached hydrogen (secondary N) is 1. The molecular weight excluding hydrogens is 352 g/mol. The predicted molar refractivity (Wildman–Crippen MR) is 86.3 cm³/mol. The molecule has 2 amide bonds. The molecule has 1 heterocycles. The van der Waals surface area contributed by atoms with Crippen LogP contribution in [0.4, 0.5) is 10.5 Å². The number of carbonyl (C=O) groups is 2. The van der Waals surface area contributed by atoms with Crippen LogP contribution < -0.4 is 10.1 Å². The summed E-state index contributed by atoms with van der Waals surface area (Å²) in [7, 11) is 0. The summed E-state index contributed by atoms with van der Waals surface area (Å²) in [5.41, 5.74) is -0.317. The van der Waals surface area contributed by atoms with Gasteiger partial charge in [0.2, 0.25) is 0 Å². The molecule has 22 heavy (non-hydrogen) atoms. The average molecular weight is 371 g/mol. The Kier molecular flexibility index (Phi) is 4.95. The molecule has 1 aromatic rings. The van der Waals surface area contributed by atoms with Gasteiger partial charge < -0.3 is 20.1 Å². The molecule has 1 aliphatic rings. The fourth-order valence-corrected chi connectivity index (χ4v) is 2.75. The van der Waals surface area contributed by atoms with Gasteiger partial charge in [-0.05, 0) is 38.5 Å². The second-order valence-corrected chi connectivity index (χ2v) is 6.46. The third-order valence-electron chi connectivity index (χ3n) is 3.76. The number of anilines is 1. The molecular formula is C15H19BrN2O4. The van der Waals surface area contributed by atoms with Crippen LogP contribution in [0.3, 0.4) is 0 Å². The summed E-state index contributed by atoms with van der Waals surface area (Å²) >= 11 is 3.36. The highest BCUT2D eigenvalue weighted by molar-refractivity contribution is 9.10. The molecule has 0 radical (unpaired) electrons. The van der Waals surface area contributed by atoms with E-state index in [-0.39, 0.29) is 12.6 Å². The molecule has 1 aliphatic heterocycles. The van der Waals surface area contributed by atoms with Crippen LogP contribution in [0.2, 0.25) is 0 Å². The van der Waals surface area contributed by atoms with Crippen molar-refractivity contribution in [1.29, 1.82) is 0 Å². The minimum absolute atomic E-state index is 0.201. The van der Waals surface area contributed by atoms with E-state index in [1.165, 1.54) is 4.90 Å². The zero-order valence-corrected chi connectivity index (χ0v) is 14.1. The van der Waals surface area contributed by atoms with Crippen molar-refractivity contribution in [3.05, 3.63) is 22.7 Å². The number of carboxylic acid groups (broad SMARTS) is 1. The quantitative estimate of drug-likeness (QED) is 0.852. The van der Waals surface area contributed by atoms with Crippen LogP contribution in [0.25, 0.3) is 0 Å². The number of carboxylic acids is 1. The lowest BCUT2D eigenvalue weighted by Crippen LogP contribution is -2.37. The van der Waals surface area contributed by atoms with Crippen molar-refractivity contribution in [2.75, 3.05) is 25.0 Å². The van der Waals surface area contributed by atoms with Gasteiger partial charge in [0.1, 0.15) is 5.75 Å². The third-order valence-corrected chi connectivity index (χ3v) is 4.25. The number of carbonyl (C=O) groups excluding carboxylic acids is 1. The van der Waals surface area contributed by atoms with Gasteiger partial charge in [0, 0.05) is 17.6 Å². The lowest BCUT2D eigenvalue weighted by molar-refractivity contribution is -0.146. The second-order valence-electron chi connectivity index (χ2n) is 5.54. The van der Waals surface area contributed by atoms with E-state index in [1.54, 1.807) is 19.1 Å². The Morgan fingerprint density at radius 2 is 2.23 bits per heavy atom. The first-order valence-corrected chi connectivity index (χ1v) is 7.86. The number of aliphatic carboxylic acids is 1. The number of hydrogen-bond acceptors (Lipinski definition) is 3. The van der Waals surface area contributed by atoms with Crippen molar-refractivity contribution in [3.63, 3.8) is 0 Å². The van der Waals surface area contributed by atoms with Crippen LogP contribution in [-0.2, 0) is 4.79 Å². The molecule has 7 heteroatoms. The molecule has 1 fully saturated rings. The number of hydrogen-bond donors (Lipinski definition) is 2. The molecule has 0 bridgehead atoms. The smallest absolute Gasteiger partial charge is 0.321 e. The van der Waals surface area contributed by atoms with Crippen molar-refractivity contribution >= 4 is 33.6 Å². The van der Waals surface area contributed by atoms with Crippen LogP contribution >= 0.6 is 15.9 Å². The van der Waals surface area contributed by atoms with Crippen molar-refractivity contribution in [1.82, 2.24) is 4.90 Å². The summed E-state index contributed by atoms with van der Waals surface area (Å²) in [5.74, 6) is -0.292. The number of ether oxygens (including phenoxy) is 1. The van der Waals surface area contributed by atoms with Gasteiger partial charge in [0.15, 0.2) is 0 Å². The normalized spacial score (nSPS) is 20.8. The zero-order chi connectivity index (χ0) is 16.3. The molecule has 2 rings (SSSR count). The Morgan fingerprint density at radius 3 is 2.82 bits per heavy atom. The minimum Gasteiger partial charge on any atom is -0.492 e. The lowest BCUT2D eigenvalue weighted by Gasteiger charge is -2.21. The molecule has 0 aromatic heterocycles. The van der Waals surface area contributed by atoms with Crippen LogP contribution in [0.5, 0.6) is 5.75 Å². The van der Waals surface area contributed by atoms with Gasteiger partial charge in [0.05, 0.1) is 17.7 Å². The third kappa shape index (κ3) is 3.52. The zero-order valence-electron chi connectivity index (χ0n) is 12.6. The summed E-state index contributed by atoms with van der Waals surface area (Å²) in [6.07, 6.45) is 0.451. The van der Waals surface area contributed by atoms with Crippen LogP contribution in [0, 0.1) is 5.41 Å². The largest absolute Gasteiger partial charge is 0.492 e. The summed E-state index contributed by atoms with van der Waals surface area (Å²) in [5, 5.41) is 12.0. The molecule has 0 spiro atoms.